The average molecular weight is 329 g/mol. The van der Waals surface area contributed by atoms with Crippen molar-refractivity contribution in [3.05, 3.63) is 36.0 Å². The molecule has 0 aliphatic carbocycles. The number of primary amides is 1. The summed E-state index contributed by atoms with van der Waals surface area (Å²) in [4.78, 5) is 27.9. The highest BCUT2D eigenvalue weighted by atomic mass is 16.4. The first-order chi connectivity index (χ1) is 11.6. The normalized spacial score (nSPS) is 17.2. The summed E-state index contributed by atoms with van der Waals surface area (Å²) in [5.41, 5.74) is 5.86. The van der Waals surface area contributed by atoms with Gasteiger partial charge in [0.25, 0.3) is 5.91 Å². The second kappa shape index (κ2) is 7.14. The van der Waals surface area contributed by atoms with E-state index in [1.807, 2.05) is 18.2 Å². The van der Waals surface area contributed by atoms with Crippen LogP contribution >= 0.6 is 0 Å². The van der Waals surface area contributed by atoms with Crippen LogP contribution in [0.5, 0.6) is 0 Å². The molecule has 24 heavy (non-hydrogen) atoms. The minimum Gasteiger partial charge on any atom is -0.419 e. The lowest BCUT2D eigenvalue weighted by atomic mass is 10.1. The number of nitrogens with one attached hydrogen (secondary N) is 3. The zero-order valence-corrected chi connectivity index (χ0v) is 13.0. The number of urea groups is 1. The van der Waals surface area contributed by atoms with Gasteiger partial charge >= 0.3 is 6.03 Å². The predicted octanol–water partition coefficient (Wildman–Crippen LogP) is 1.31. The molecule has 0 unspecified atom stereocenters. The highest BCUT2D eigenvalue weighted by Gasteiger charge is 2.24. The molecule has 0 bridgehead atoms. The van der Waals surface area contributed by atoms with Crippen molar-refractivity contribution in [1.29, 1.82) is 0 Å². The van der Waals surface area contributed by atoms with E-state index in [4.69, 9.17) is 10.2 Å². The molecule has 1 fully saturated rings. The molecule has 1 atom stereocenters. The summed E-state index contributed by atoms with van der Waals surface area (Å²) < 4.78 is 5.52. The van der Waals surface area contributed by atoms with Gasteiger partial charge in [-0.25, -0.2) is 9.78 Å². The van der Waals surface area contributed by atoms with Gasteiger partial charge in [-0.05, 0) is 31.5 Å². The second-order valence-corrected chi connectivity index (χ2v) is 5.57. The third-order valence-corrected chi connectivity index (χ3v) is 3.73. The van der Waals surface area contributed by atoms with Gasteiger partial charge in [0.15, 0.2) is 5.69 Å². The number of nitrogens with zero attached hydrogens (tertiary/aromatic N) is 1. The van der Waals surface area contributed by atoms with E-state index in [1.165, 1.54) is 0 Å². The molecule has 3 amide bonds. The zero-order chi connectivity index (χ0) is 16.9. The van der Waals surface area contributed by atoms with Crippen LogP contribution in [0.1, 0.15) is 23.3 Å². The first kappa shape index (κ1) is 16.0. The van der Waals surface area contributed by atoms with Gasteiger partial charge in [0.1, 0.15) is 0 Å². The summed E-state index contributed by atoms with van der Waals surface area (Å²) in [6.45, 7) is 1.65. The van der Waals surface area contributed by atoms with Crippen molar-refractivity contribution in [2.24, 2.45) is 5.73 Å². The molecule has 0 radical (unpaired) electrons. The van der Waals surface area contributed by atoms with Crippen LogP contribution < -0.4 is 21.7 Å². The molecular formula is C16H19N5O3. The Morgan fingerprint density at radius 1 is 1.29 bits per heavy atom. The smallest absolute Gasteiger partial charge is 0.319 e. The average Bonchev–Trinajstić information content (AvgIpc) is 3.00. The Morgan fingerprint density at radius 3 is 2.75 bits per heavy atom. The predicted molar refractivity (Wildman–Crippen MR) is 88.5 cm³/mol. The van der Waals surface area contributed by atoms with Gasteiger partial charge in [-0.1, -0.05) is 18.2 Å². The highest BCUT2D eigenvalue weighted by Crippen LogP contribution is 2.25. The summed E-state index contributed by atoms with van der Waals surface area (Å²) in [5.74, 6) is -0.215. The van der Waals surface area contributed by atoms with Crippen molar-refractivity contribution < 1.29 is 14.0 Å². The lowest BCUT2D eigenvalue weighted by Crippen LogP contribution is -2.45. The summed E-state index contributed by atoms with van der Waals surface area (Å²) >= 11 is 0. The molecule has 1 aliphatic rings. The molecule has 1 aliphatic heterocycles. The number of carbonyl (C=O) groups is 2. The molecule has 126 valence electrons. The van der Waals surface area contributed by atoms with Gasteiger partial charge in [0.2, 0.25) is 11.8 Å². The van der Waals surface area contributed by atoms with E-state index >= 15 is 0 Å². The molecule has 2 heterocycles. The fourth-order valence-electron chi connectivity index (χ4n) is 2.60. The minimum atomic E-state index is -0.820. The third-order valence-electron chi connectivity index (χ3n) is 3.73. The van der Waals surface area contributed by atoms with E-state index in [9.17, 15) is 9.59 Å². The van der Waals surface area contributed by atoms with Gasteiger partial charge in [-0.2, -0.15) is 0 Å². The largest absolute Gasteiger partial charge is 0.419 e. The van der Waals surface area contributed by atoms with Gasteiger partial charge in [0.05, 0.1) is 0 Å². The fraction of sp³-hybridized carbons (Fsp3) is 0.312. The van der Waals surface area contributed by atoms with Crippen molar-refractivity contribution in [1.82, 2.24) is 15.6 Å². The SMILES string of the molecule is NC(=O)Nc1oc(-c2ccccc2)nc1C(=O)N[C@H]1CCCNC1. The van der Waals surface area contributed by atoms with E-state index in [-0.39, 0.29) is 23.5 Å². The molecule has 8 nitrogen and oxygen atoms in total. The number of anilines is 1. The van der Waals surface area contributed by atoms with E-state index in [1.54, 1.807) is 12.1 Å². The van der Waals surface area contributed by atoms with Gasteiger partial charge < -0.3 is 20.8 Å². The van der Waals surface area contributed by atoms with E-state index in [0.29, 0.717) is 12.1 Å². The first-order valence-corrected chi connectivity index (χ1v) is 7.78. The number of nitrogens with two attached hydrogens (primary N) is 1. The van der Waals surface area contributed by atoms with E-state index in [0.717, 1.165) is 19.4 Å². The van der Waals surface area contributed by atoms with Crippen molar-refractivity contribution in [3.8, 4) is 11.5 Å². The van der Waals surface area contributed by atoms with Crippen LogP contribution in [0.2, 0.25) is 0 Å². The Balaban J connectivity index is 1.85. The molecular weight excluding hydrogens is 310 g/mol. The van der Waals surface area contributed by atoms with Crippen LogP contribution in [0, 0.1) is 0 Å². The molecule has 1 aromatic carbocycles. The molecule has 5 N–H and O–H groups in total. The molecule has 3 rings (SSSR count). The van der Waals surface area contributed by atoms with Gasteiger partial charge in [-0.15, -0.1) is 0 Å². The number of oxazole rings is 1. The number of amides is 3. The van der Waals surface area contributed by atoms with Gasteiger partial charge in [0, 0.05) is 18.2 Å². The number of hydrogen-bond acceptors (Lipinski definition) is 5. The Labute approximate surface area is 138 Å². The topological polar surface area (TPSA) is 122 Å². The molecule has 2 aromatic rings. The molecule has 1 aromatic heterocycles. The molecule has 0 spiro atoms. The Hall–Kier alpha value is -2.87. The number of carbonyl (C=O) groups excluding carboxylic acids is 2. The van der Waals surface area contributed by atoms with Crippen molar-refractivity contribution in [2.75, 3.05) is 18.4 Å². The van der Waals surface area contributed by atoms with Crippen LogP contribution in [-0.4, -0.2) is 36.1 Å². The third kappa shape index (κ3) is 3.72. The number of aromatic nitrogens is 1. The van der Waals surface area contributed by atoms with Gasteiger partial charge in [-0.3, -0.25) is 10.1 Å². The maximum atomic E-state index is 12.5. The van der Waals surface area contributed by atoms with Crippen molar-refractivity contribution in [3.63, 3.8) is 0 Å². The standard InChI is InChI=1S/C16H19N5O3/c17-16(23)21-15-12(13(22)19-11-7-4-8-18-9-11)20-14(24-15)10-5-2-1-3-6-10/h1-3,5-6,11,18H,4,7-9H2,(H,19,22)(H3,17,21,23)/t11-/m0/s1. The first-order valence-electron chi connectivity index (χ1n) is 7.78. The van der Waals surface area contributed by atoms with Crippen molar-refractivity contribution >= 4 is 17.8 Å². The van der Waals surface area contributed by atoms with E-state index < -0.39 is 11.9 Å². The number of hydrogen-bond donors (Lipinski definition) is 4. The lowest BCUT2D eigenvalue weighted by Gasteiger charge is -2.23. The minimum absolute atomic E-state index is 0.0122. The zero-order valence-electron chi connectivity index (χ0n) is 13.0. The Kier molecular flexibility index (Phi) is 4.76. The maximum absolute atomic E-state index is 12.5. The maximum Gasteiger partial charge on any atom is 0.319 e. The second-order valence-electron chi connectivity index (χ2n) is 5.57. The van der Waals surface area contributed by atoms with Crippen LogP contribution in [0.3, 0.4) is 0 Å². The van der Waals surface area contributed by atoms with Crippen LogP contribution in [-0.2, 0) is 0 Å². The highest BCUT2D eigenvalue weighted by molar-refractivity contribution is 6.00. The summed E-state index contributed by atoms with van der Waals surface area (Å²) in [6, 6.07) is 8.31. The summed E-state index contributed by atoms with van der Waals surface area (Å²) in [6.07, 6.45) is 1.88. The lowest BCUT2D eigenvalue weighted by molar-refractivity contribution is 0.0927. The fourth-order valence-corrected chi connectivity index (χ4v) is 2.60. The van der Waals surface area contributed by atoms with Crippen LogP contribution in [0.4, 0.5) is 10.7 Å². The molecule has 1 saturated heterocycles. The Bertz CT molecular complexity index is 723. The summed E-state index contributed by atoms with van der Waals surface area (Å²) in [5, 5.41) is 8.43. The number of benzene rings is 1. The monoisotopic (exact) mass is 329 g/mol. The van der Waals surface area contributed by atoms with Crippen LogP contribution in [0.15, 0.2) is 34.7 Å². The molecule has 0 saturated carbocycles. The van der Waals surface area contributed by atoms with Crippen molar-refractivity contribution in [2.45, 2.75) is 18.9 Å². The molecule has 8 heteroatoms. The van der Waals surface area contributed by atoms with Crippen LogP contribution in [0.25, 0.3) is 11.5 Å². The Morgan fingerprint density at radius 2 is 2.08 bits per heavy atom. The quantitative estimate of drug-likeness (QED) is 0.674. The van der Waals surface area contributed by atoms with E-state index in [2.05, 4.69) is 20.9 Å². The summed E-state index contributed by atoms with van der Waals surface area (Å²) in [7, 11) is 0. The number of piperidine rings is 1. The number of rotatable bonds is 4.